The first-order chi connectivity index (χ1) is 7.59. The van der Waals surface area contributed by atoms with E-state index in [0.717, 1.165) is 11.3 Å². The lowest BCUT2D eigenvalue weighted by molar-refractivity contribution is -0.137. The van der Waals surface area contributed by atoms with Gasteiger partial charge in [0.15, 0.2) is 0 Å². The van der Waals surface area contributed by atoms with Gasteiger partial charge in [-0.05, 0) is 18.6 Å². The molecule has 0 saturated carbocycles. The average Bonchev–Trinajstić information content (AvgIpc) is 2.25. The fourth-order valence-electron chi connectivity index (χ4n) is 1.08. The molecule has 1 rings (SSSR count). The van der Waals surface area contributed by atoms with Gasteiger partial charge in [0, 0.05) is 18.1 Å². The van der Waals surface area contributed by atoms with E-state index < -0.39 is 5.97 Å². The van der Waals surface area contributed by atoms with Crippen LogP contribution in [0.4, 0.5) is 5.69 Å². The van der Waals surface area contributed by atoms with Crippen LogP contribution in [0.25, 0.3) is 0 Å². The molecule has 0 fully saturated rings. The van der Waals surface area contributed by atoms with Crippen molar-refractivity contribution in [2.45, 2.75) is 6.92 Å². The van der Waals surface area contributed by atoms with E-state index in [0.29, 0.717) is 0 Å². The topological polar surface area (TPSA) is 91.3 Å². The zero-order valence-corrected chi connectivity index (χ0v) is 8.86. The van der Waals surface area contributed by atoms with E-state index in [9.17, 15) is 9.59 Å². The van der Waals surface area contributed by atoms with Crippen molar-refractivity contribution in [3.63, 3.8) is 0 Å². The van der Waals surface area contributed by atoms with Gasteiger partial charge in [-0.1, -0.05) is 0 Å². The maximum absolute atomic E-state index is 11.2. The quantitative estimate of drug-likeness (QED) is 0.653. The summed E-state index contributed by atoms with van der Waals surface area (Å²) in [5.74, 6) is -1.42. The number of carboxylic acids is 1. The fraction of sp³-hybridized carbons (Fsp3) is 0.300. The maximum Gasteiger partial charge on any atom is 0.322 e. The molecule has 0 bridgehead atoms. The van der Waals surface area contributed by atoms with Crippen LogP contribution in [-0.2, 0) is 9.59 Å². The lowest BCUT2D eigenvalue weighted by Crippen LogP contribution is -2.33. The standard InChI is InChI=1S/C10H13N3O3/c1-7-4-11-3-2-8(7)12-5-9(14)13-6-10(15)16/h2-4H,5-6H2,1H3,(H,11,12)(H,13,14)(H,15,16). The Balaban J connectivity index is 2.37. The Kier molecular flexibility index (Phi) is 4.26. The van der Waals surface area contributed by atoms with Crippen molar-refractivity contribution in [3.05, 3.63) is 24.0 Å². The Hall–Kier alpha value is -2.11. The molecule has 6 nitrogen and oxygen atoms in total. The molecule has 0 aromatic carbocycles. The average molecular weight is 223 g/mol. The van der Waals surface area contributed by atoms with E-state index in [2.05, 4.69) is 15.6 Å². The fourth-order valence-corrected chi connectivity index (χ4v) is 1.08. The van der Waals surface area contributed by atoms with E-state index in [1.807, 2.05) is 6.92 Å². The van der Waals surface area contributed by atoms with Gasteiger partial charge in [-0.25, -0.2) is 0 Å². The van der Waals surface area contributed by atoms with Gasteiger partial charge in [0.1, 0.15) is 6.54 Å². The number of nitrogens with zero attached hydrogens (tertiary/aromatic N) is 1. The highest BCUT2D eigenvalue weighted by Gasteiger charge is 2.04. The van der Waals surface area contributed by atoms with Gasteiger partial charge in [0.2, 0.25) is 5.91 Å². The van der Waals surface area contributed by atoms with E-state index >= 15 is 0 Å². The third-order valence-electron chi connectivity index (χ3n) is 1.90. The third-order valence-corrected chi connectivity index (χ3v) is 1.90. The molecule has 1 aromatic rings. The molecule has 0 aliphatic heterocycles. The molecule has 86 valence electrons. The van der Waals surface area contributed by atoms with Gasteiger partial charge in [-0.3, -0.25) is 14.6 Å². The van der Waals surface area contributed by atoms with Crippen LogP contribution >= 0.6 is 0 Å². The SMILES string of the molecule is Cc1cnccc1NCC(=O)NCC(=O)O. The summed E-state index contributed by atoms with van der Waals surface area (Å²) in [7, 11) is 0. The number of carbonyl (C=O) groups excluding carboxylic acids is 1. The molecule has 16 heavy (non-hydrogen) atoms. The number of amides is 1. The van der Waals surface area contributed by atoms with Crippen molar-refractivity contribution >= 4 is 17.6 Å². The zero-order valence-electron chi connectivity index (χ0n) is 8.86. The van der Waals surface area contributed by atoms with Crippen LogP contribution in [0, 0.1) is 6.92 Å². The minimum atomic E-state index is -1.06. The van der Waals surface area contributed by atoms with Crippen molar-refractivity contribution < 1.29 is 14.7 Å². The zero-order chi connectivity index (χ0) is 12.0. The molecule has 0 radical (unpaired) electrons. The highest BCUT2D eigenvalue weighted by Crippen LogP contribution is 2.10. The highest BCUT2D eigenvalue weighted by atomic mass is 16.4. The second kappa shape index (κ2) is 5.69. The predicted octanol–water partition coefficient (Wildman–Crippen LogP) is 0.00272. The number of aliphatic carboxylic acids is 1. The predicted molar refractivity (Wildman–Crippen MR) is 58.1 cm³/mol. The number of carbonyl (C=O) groups is 2. The van der Waals surface area contributed by atoms with Crippen LogP contribution in [0.5, 0.6) is 0 Å². The summed E-state index contributed by atoms with van der Waals surface area (Å²) >= 11 is 0. The number of aryl methyl sites for hydroxylation is 1. The molecular formula is C10H13N3O3. The largest absolute Gasteiger partial charge is 0.480 e. The Morgan fingerprint density at radius 3 is 2.81 bits per heavy atom. The van der Waals surface area contributed by atoms with Gasteiger partial charge in [0.25, 0.3) is 0 Å². The summed E-state index contributed by atoms with van der Waals surface area (Å²) in [6.45, 7) is 1.54. The van der Waals surface area contributed by atoms with Gasteiger partial charge in [-0.15, -0.1) is 0 Å². The molecule has 0 unspecified atom stereocenters. The molecular weight excluding hydrogens is 210 g/mol. The van der Waals surface area contributed by atoms with E-state index in [4.69, 9.17) is 5.11 Å². The second-order valence-electron chi connectivity index (χ2n) is 3.21. The van der Waals surface area contributed by atoms with Crippen LogP contribution in [0.3, 0.4) is 0 Å². The molecule has 0 aliphatic carbocycles. The Bertz CT molecular complexity index is 393. The summed E-state index contributed by atoms with van der Waals surface area (Å²) in [5.41, 5.74) is 1.73. The van der Waals surface area contributed by atoms with E-state index in [-0.39, 0.29) is 19.0 Å². The van der Waals surface area contributed by atoms with Crippen LogP contribution in [0.2, 0.25) is 0 Å². The Morgan fingerprint density at radius 2 is 2.19 bits per heavy atom. The number of hydrogen-bond donors (Lipinski definition) is 3. The van der Waals surface area contributed by atoms with Gasteiger partial charge >= 0.3 is 5.97 Å². The minimum Gasteiger partial charge on any atom is -0.480 e. The minimum absolute atomic E-state index is 0.0398. The number of rotatable bonds is 5. The van der Waals surface area contributed by atoms with Gasteiger partial charge < -0.3 is 15.7 Å². The van der Waals surface area contributed by atoms with Crippen molar-refractivity contribution in [3.8, 4) is 0 Å². The maximum atomic E-state index is 11.2. The van der Waals surface area contributed by atoms with Crippen LogP contribution in [0.1, 0.15) is 5.56 Å². The van der Waals surface area contributed by atoms with Gasteiger partial charge in [-0.2, -0.15) is 0 Å². The highest BCUT2D eigenvalue weighted by molar-refractivity contribution is 5.84. The van der Waals surface area contributed by atoms with E-state index in [1.54, 1.807) is 18.5 Å². The van der Waals surface area contributed by atoms with Gasteiger partial charge in [0.05, 0.1) is 6.54 Å². The second-order valence-corrected chi connectivity index (χ2v) is 3.21. The number of anilines is 1. The molecule has 6 heteroatoms. The van der Waals surface area contributed by atoms with Crippen LogP contribution in [-0.4, -0.2) is 35.1 Å². The number of nitrogens with one attached hydrogen (secondary N) is 2. The normalized spacial score (nSPS) is 9.56. The molecule has 1 aromatic heterocycles. The molecule has 0 saturated heterocycles. The first kappa shape index (κ1) is 12.0. The molecule has 0 spiro atoms. The van der Waals surface area contributed by atoms with Crippen molar-refractivity contribution in [1.82, 2.24) is 10.3 Å². The third kappa shape index (κ3) is 3.95. The molecule has 0 atom stereocenters. The van der Waals surface area contributed by atoms with Crippen molar-refractivity contribution in [2.24, 2.45) is 0 Å². The number of aromatic nitrogens is 1. The summed E-state index contributed by atoms with van der Waals surface area (Å²) in [6, 6.07) is 1.75. The number of hydrogen-bond acceptors (Lipinski definition) is 4. The number of carboxylic acid groups (broad SMARTS) is 1. The molecule has 1 heterocycles. The summed E-state index contributed by atoms with van der Waals surface area (Å²) in [4.78, 5) is 25.3. The lowest BCUT2D eigenvalue weighted by Gasteiger charge is -2.08. The van der Waals surface area contributed by atoms with E-state index in [1.165, 1.54) is 0 Å². The van der Waals surface area contributed by atoms with Crippen LogP contribution < -0.4 is 10.6 Å². The molecule has 1 amide bonds. The first-order valence-corrected chi connectivity index (χ1v) is 4.72. The monoisotopic (exact) mass is 223 g/mol. The summed E-state index contributed by atoms with van der Waals surface area (Å²) in [6.07, 6.45) is 3.29. The summed E-state index contributed by atoms with van der Waals surface area (Å²) in [5, 5.41) is 13.5. The molecule has 0 aliphatic rings. The van der Waals surface area contributed by atoms with Crippen molar-refractivity contribution in [2.75, 3.05) is 18.4 Å². The van der Waals surface area contributed by atoms with Crippen molar-refractivity contribution in [1.29, 1.82) is 0 Å². The first-order valence-electron chi connectivity index (χ1n) is 4.72. The Morgan fingerprint density at radius 1 is 1.44 bits per heavy atom. The Labute approximate surface area is 92.7 Å². The summed E-state index contributed by atoms with van der Waals surface area (Å²) < 4.78 is 0. The lowest BCUT2D eigenvalue weighted by atomic mass is 10.2. The van der Waals surface area contributed by atoms with Crippen LogP contribution in [0.15, 0.2) is 18.5 Å². The number of pyridine rings is 1. The molecule has 3 N–H and O–H groups in total. The smallest absolute Gasteiger partial charge is 0.322 e.